The molecule has 2 aromatic rings. The Kier molecular flexibility index (Phi) is 3.43. The van der Waals surface area contributed by atoms with Gasteiger partial charge in [-0.1, -0.05) is 34.8 Å². The normalized spacial score (nSPS) is 10.6. The summed E-state index contributed by atoms with van der Waals surface area (Å²) in [6.45, 7) is 0. The van der Waals surface area contributed by atoms with Crippen molar-refractivity contribution in [3.8, 4) is 11.1 Å². The zero-order valence-electron chi connectivity index (χ0n) is 8.23. The summed E-state index contributed by atoms with van der Waals surface area (Å²) in [4.78, 5) is 13.2. The van der Waals surface area contributed by atoms with Crippen molar-refractivity contribution < 1.29 is 4.39 Å². The van der Waals surface area contributed by atoms with E-state index in [0.29, 0.717) is 16.1 Å². The predicted molar refractivity (Wildman–Crippen MR) is 67.5 cm³/mol. The number of nitrogens with one attached hydrogen (secondary N) is 1. The third-order valence-electron chi connectivity index (χ3n) is 2.11. The highest BCUT2D eigenvalue weighted by Crippen LogP contribution is 2.36. The number of pyridine rings is 1. The molecule has 0 spiro atoms. The third-order valence-corrected chi connectivity index (χ3v) is 2.92. The monoisotopic (exact) mass is 291 g/mol. The summed E-state index contributed by atoms with van der Waals surface area (Å²) >= 11 is 17.7. The first-order chi connectivity index (χ1) is 7.97. The Labute approximate surface area is 111 Å². The van der Waals surface area contributed by atoms with Gasteiger partial charge in [-0.2, -0.15) is 4.39 Å². The van der Waals surface area contributed by atoms with Gasteiger partial charge in [-0.05, 0) is 23.8 Å². The maximum Gasteiger partial charge on any atom is 0.250 e. The quantitative estimate of drug-likeness (QED) is 0.787. The van der Waals surface area contributed by atoms with Gasteiger partial charge >= 0.3 is 0 Å². The third kappa shape index (κ3) is 2.63. The zero-order chi connectivity index (χ0) is 12.6. The van der Waals surface area contributed by atoms with Crippen molar-refractivity contribution in [1.29, 1.82) is 0 Å². The highest BCUT2D eigenvalue weighted by molar-refractivity contribution is 6.41. The van der Waals surface area contributed by atoms with Crippen LogP contribution in [-0.4, -0.2) is 4.98 Å². The van der Waals surface area contributed by atoms with Gasteiger partial charge in [-0.25, -0.2) is 0 Å². The van der Waals surface area contributed by atoms with Crippen molar-refractivity contribution in [2.45, 2.75) is 0 Å². The molecule has 0 aliphatic carbocycles. The van der Waals surface area contributed by atoms with Crippen LogP contribution in [0.25, 0.3) is 11.1 Å². The molecule has 1 heterocycles. The highest BCUT2D eigenvalue weighted by atomic mass is 35.5. The van der Waals surface area contributed by atoms with Crippen LogP contribution in [-0.2, 0) is 0 Å². The Morgan fingerprint density at radius 1 is 1.00 bits per heavy atom. The molecular weight excluding hydrogens is 287 g/mol. The Balaban J connectivity index is 2.72. The Bertz CT molecular complexity index is 616. The van der Waals surface area contributed by atoms with E-state index in [1.165, 1.54) is 18.2 Å². The van der Waals surface area contributed by atoms with Crippen LogP contribution in [0.2, 0.25) is 15.1 Å². The summed E-state index contributed by atoms with van der Waals surface area (Å²) in [7, 11) is 0. The molecule has 0 aliphatic heterocycles. The molecule has 0 bridgehead atoms. The average molecular weight is 293 g/mol. The number of halogens is 4. The fourth-order valence-corrected chi connectivity index (χ4v) is 2.51. The Hall–Kier alpha value is -1.03. The summed E-state index contributed by atoms with van der Waals surface area (Å²) in [5.74, 6) is -0.755. The van der Waals surface area contributed by atoms with Crippen molar-refractivity contribution >= 4 is 34.8 Å². The highest BCUT2D eigenvalue weighted by Gasteiger charge is 2.11. The van der Waals surface area contributed by atoms with Crippen molar-refractivity contribution in [3.05, 3.63) is 55.6 Å². The van der Waals surface area contributed by atoms with Gasteiger partial charge in [-0.3, -0.25) is 9.78 Å². The Morgan fingerprint density at radius 2 is 1.59 bits per heavy atom. The lowest BCUT2D eigenvalue weighted by atomic mass is 10.1. The van der Waals surface area contributed by atoms with Gasteiger partial charge < -0.3 is 0 Å². The summed E-state index contributed by atoms with van der Waals surface area (Å²) in [6.07, 6.45) is 0. The van der Waals surface area contributed by atoms with Crippen LogP contribution < -0.4 is 5.56 Å². The van der Waals surface area contributed by atoms with Gasteiger partial charge in [-0.15, -0.1) is 0 Å². The van der Waals surface area contributed by atoms with E-state index in [9.17, 15) is 9.18 Å². The number of benzene rings is 1. The van der Waals surface area contributed by atoms with E-state index in [4.69, 9.17) is 34.8 Å². The van der Waals surface area contributed by atoms with Crippen LogP contribution in [0.1, 0.15) is 0 Å². The van der Waals surface area contributed by atoms with E-state index in [-0.39, 0.29) is 10.0 Å². The first-order valence-corrected chi connectivity index (χ1v) is 5.65. The van der Waals surface area contributed by atoms with Crippen molar-refractivity contribution in [2.24, 2.45) is 0 Å². The molecule has 0 unspecified atom stereocenters. The second kappa shape index (κ2) is 4.69. The second-order valence-electron chi connectivity index (χ2n) is 3.33. The molecule has 0 aliphatic rings. The second-order valence-corrected chi connectivity index (χ2v) is 4.58. The lowest BCUT2D eigenvalue weighted by Gasteiger charge is -2.07. The first kappa shape index (κ1) is 12.4. The topological polar surface area (TPSA) is 32.9 Å². The molecular formula is C11H5Cl3FNO. The minimum absolute atomic E-state index is 0.257. The summed E-state index contributed by atoms with van der Waals surface area (Å²) in [5, 5.41) is 0.883. The molecule has 17 heavy (non-hydrogen) atoms. The standard InChI is InChI=1S/C11H5Cl3FNO/c12-6-3-7(13)11(8(14)4-6)5-1-9(15)16-10(17)2-5/h1-4H,(H,16,17). The van der Waals surface area contributed by atoms with Crippen molar-refractivity contribution in [2.75, 3.05) is 0 Å². The number of H-pyrrole nitrogens is 1. The fourth-order valence-electron chi connectivity index (χ4n) is 1.47. The predicted octanol–water partition coefficient (Wildman–Crippen LogP) is 4.14. The minimum Gasteiger partial charge on any atom is -0.299 e. The largest absolute Gasteiger partial charge is 0.299 e. The molecule has 0 amide bonds. The first-order valence-electron chi connectivity index (χ1n) is 4.52. The molecule has 1 aromatic heterocycles. The zero-order valence-corrected chi connectivity index (χ0v) is 10.5. The van der Waals surface area contributed by atoms with Crippen molar-refractivity contribution in [3.63, 3.8) is 0 Å². The molecule has 88 valence electrons. The van der Waals surface area contributed by atoms with Gasteiger partial charge in [0.1, 0.15) is 0 Å². The van der Waals surface area contributed by atoms with E-state index in [0.717, 1.165) is 6.07 Å². The van der Waals surface area contributed by atoms with Crippen LogP contribution in [0.5, 0.6) is 0 Å². The van der Waals surface area contributed by atoms with Gasteiger partial charge in [0.05, 0.1) is 10.0 Å². The maximum absolute atomic E-state index is 13.1. The van der Waals surface area contributed by atoms with Gasteiger partial charge in [0.15, 0.2) is 5.95 Å². The van der Waals surface area contributed by atoms with Crippen LogP contribution in [0.15, 0.2) is 29.1 Å². The molecule has 6 heteroatoms. The molecule has 1 aromatic carbocycles. The van der Waals surface area contributed by atoms with E-state index < -0.39 is 11.5 Å². The fraction of sp³-hybridized carbons (Fsp3) is 0. The smallest absolute Gasteiger partial charge is 0.250 e. The molecule has 0 saturated heterocycles. The van der Waals surface area contributed by atoms with Crippen LogP contribution in [0.4, 0.5) is 4.39 Å². The average Bonchev–Trinajstić information content (AvgIpc) is 2.13. The van der Waals surface area contributed by atoms with E-state index in [2.05, 4.69) is 0 Å². The summed E-state index contributed by atoms with van der Waals surface area (Å²) in [6, 6.07) is 5.30. The van der Waals surface area contributed by atoms with Gasteiger partial charge in [0.2, 0.25) is 0 Å². The number of aromatic amines is 1. The van der Waals surface area contributed by atoms with Crippen LogP contribution >= 0.6 is 34.8 Å². The Morgan fingerprint density at radius 3 is 2.12 bits per heavy atom. The maximum atomic E-state index is 13.1. The molecule has 0 fully saturated rings. The SMILES string of the molecule is O=c1cc(-c2c(Cl)cc(Cl)cc2Cl)cc(F)[nH]1. The molecule has 2 rings (SSSR count). The lowest BCUT2D eigenvalue weighted by Crippen LogP contribution is -2.06. The molecule has 2 nitrogen and oxygen atoms in total. The molecule has 0 atom stereocenters. The summed E-state index contributed by atoms with van der Waals surface area (Å²) in [5.41, 5.74) is 0.114. The van der Waals surface area contributed by atoms with E-state index in [1.54, 1.807) is 0 Å². The number of hydrogen-bond acceptors (Lipinski definition) is 1. The van der Waals surface area contributed by atoms with Crippen LogP contribution in [0, 0.1) is 5.95 Å². The number of aromatic nitrogens is 1. The molecule has 1 N–H and O–H groups in total. The van der Waals surface area contributed by atoms with Crippen LogP contribution in [0.3, 0.4) is 0 Å². The number of hydrogen-bond donors (Lipinski definition) is 1. The number of rotatable bonds is 1. The van der Waals surface area contributed by atoms with Gasteiger partial charge in [0.25, 0.3) is 5.56 Å². The minimum atomic E-state index is -0.755. The lowest BCUT2D eigenvalue weighted by molar-refractivity contribution is 0.580. The van der Waals surface area contributed by atoms with Crippen molar-refractivity contribution in [1.82, 2.24) is 4.98 Å². The molecule has 0 radical (unpaired) electrons. The van der Waals surface area contributed by atoms with Gasteiger partial charge in [0, 0.05) is 16.7 Å². The van der Waals surface area contributed by atoms with E-state index >= 15 is 0 Å². The van der Waals surface area contributed by atoms with E-state index in [1.807, 2.05) is 4.98 Å². The summed E-state index contributed by atoms with van der Waals surface area (Å²) < 4.78 is 13.1. The molecule has 0 saturated carbocycles.